The van der Waals surface area contributed by atoms with Gasteiger partial charge in [-0.15, -0.1) is 0 Å². The zero-order valence-corrected chi connectivity index (χ0v) is 10.7. The third-order valence-corrected chi connectivity index (χ3v) is 2.25. The highest BCUT2D eigenvalue weighted by Crippen LogP contribution is 2.01. The van der Waals surface area contributed by atoms with Crippen LogP contribution in [0.25, 0.3) is 0 Å². The van der Waals surface area contributed by atoms with Crippen molar-refractivity contribution < 1.29 is 19.1 Å². The summed E-state index contributed by atoms with van der Waals surface area (Å²) in [5, 5.41) is 2.34. The molecule has 1 atom stereocenters. The van der Waals surface area contributed by atoms with Gasteiger partial charge in [-0.1, -0.05) is 30.3 Å². The van der Waals surface area contributed by atoms with Crippen LogP contribution >= 0.6 is 0 Å². The topological polar surface area (TPSA) is 64.6 Å². The maximum absolute atomic E-state index is 11.4. The van der Waals surface area contributed by atoms with E-state index in [1.165, 1.54) is 12.3 Å². The third-order valence-electron chi connectivity index (χ3n) is 2.25. The molecular formula is C14H17NO4. The number of hydrogen-bond acceptors (Lipinski definition) is 4. The lowest BCUT2D eigenvalue weighted by atomic mass is 10.2. The van der Waals surface area contributed by atoms with Crippen molar-refractivity contribution in [2.75, 3.05) is 6.61 Å². The van der Waals surface area contributed by atoms with Gasteiger partial charge in [-0.2, -0.15) is 0 Å². The molecule has 0 radical (unpaired) electrons. The average molecular weight is 263 g/mol. The zero-order valence-electron chi connectivity index (χ0n) is 10.7. The molecular weight excluding hydrogens is 246 g/mol. The summed E-state index contributed by atoms with van der Waals surface area (Å²) in [5.41, 5.74) is 1.02. The summed E-state index contributed by atoms with van der Waals surface area (Å²) in [7, 11) is 0. The smallest absolute Gasteiger partial charge is 0.332 e. The second kappa shape index (κ2) is 8.74. The number of ether oxygens (including phenoxy) is 2. The van der Waals surface area contributed by atoms with Gasteiger partial charge in [-0.25, -0.2) is 4.79 Å². The van der Waals surface area contributed by atoms with Crippen molar-refractivity contribution in [3.63, 3.8) is 0 Å². The number of rotatable bonds is 8. The van der Waals surface area contributed by atoms with Crippen molar-refractivity contribution in [1.29, 1.82) is 0 Å². The van der Waals surface area contributed by atoms with Gasteiger partial charge in [-0.3, -0.25) is 4.79 Å². The first kappa shape index (κ1) is 14.8. The van der Waals surface area contributed by atoms with E-state index in [-0.39, 0.29) is 6.61 Å². The Labute approximate surface area is 112 Å². The Bertz CT molecular complexity index is 417. The lowest BCUT2D eigenvalue weighted by molar-refractivity contribution is -0.145. The van der Waals surface area contributed by atoms with Gasteiger partial charge in [0.15, 0.2) is 0 Å². The van der Waals surface area contributed by atoms with Gasteiger partial charge in [0.25, 0.3) is 0 Å². The van der Waals surface area contributed by atoms with Gasteiger partial charge in [0, 0.05) is 0 Å². The molecule has 0 bridgehead atoms. The summed E-state index contributed by atoms with van der Waals surface area (Å²) in [6.45, 7) is 2.36. The predicted octanol–water partition coefficient (Wildman–Crippen LogP) is 1.39. The molecule has 5 heteroatoms. The van der Waals surface area contributed by atoms with E-state index in [1.807, 2.05) is 30.3 Å². The fraction of sp³-hybridized carbons (Fsp3) is 0.286. The lowest BCUT2D eigenvalue weighted by Crippen LogP contribution is -2.35. The Balaban J connectivity index is 2.43. The first-order valence-electron chi connectivity index (χ1n) is 5.96. The molecule has 0 aromatic heterocycles. The molecule has 1 amide bonds. The molecule has 1 aromatic rings. The number of benzene rings is 1. The van der Waals surface area contributed by atoms with E-state index in [9.17, 15) is 9.59 Å². The molecule has 102 valence electrons. The molecule has 0 aliphatic heterocycles. The Morgan fingerprint density at radius 2 is 2.11 bits per heavy atom. The Hall–Kier alpha value is -2.30. The summed E-state index contributed by atoms with van der Waals surface area (Å²) in [4.78, 5) is 21.8. The van der Waals surface area contributed by atoms with E-state index in [0.29, 0.717) is 13.0 Å². The number of amides is 1. The first-order valence-corrected chi connectivity index (χ1v) is 5.96. The van der Waals surface area contributed by atoms with Gasteiger partial charge in [-0.05, 0) is 18.6 Å². The number of nitrogens with one attached hydrogen (secondary N) is 1. The first-order chi connectivity index (χ1) is 9.27. The van der Waals surface area contributed by atoms with Crippen molar-refractivity contribution in [3.05, 3.63) is 48.2 Å². The minimum atomic E-state index is -0.826. The molecule has 0 spiro atoms. The number of esters is 1. The predicted molar refractivity (Wildman–Crippen MR) is 70.0 cm³/mol. The van der Waals surface area contributed by atoms with Crippen LogP contribution in [0.5, 0.6) is 0 Å². The summed E-state index contributed by atoms with van der Waals surface area (Å²) in [5.74, 6) is -0.519. The lowest BCUT2D eigenvalue weighted by Gasteiger charge is -2.10. The van der Waals surface area contributed by atoms with E-state index in [1.54, 1.807) is 6.92 Å². The van der Waals surface area contributed by atoms with Crippen LogP contribution in [0.2, 0.25) is 0 Å². The van der Waals surface area contributed by atoms with Crippen molar-refractivity contribution in [3.8, 4) is 0 Å². The molecule has 0 saturated heterocycles. The highest BCUT2D eigenvalue weighted by Gasteiger charge is 2.14. The van der Waals surface area contributed by atoms with E-state index >= 15 is 0 Å². The van der Waals surface area contributed by atoms with Crippen LogP contribution in [0.3, 0.4) is 0 Å². The van der Waals surface area contributed by atoms with Crippen LogP contribution in [0.1, 0.15) is 12.5 Å². The number of carbonyl (C=O) groups is 2. The summed E-state index contributed by atoms with van der Waals surface area (Å²) in [6.07, 6.45) is 3.27. The third kappa shape index (κ3) is 5.72. The number of carbonyl (C=O) groups excluding carboxylic acids is 2. The second-order valence-electron chi connectivity index (χ2n) is 3.64. The minimum Gasteiger partial charge on any atom is -0.497 e. The fourth-order valence-corrected chi connectivity index (χ4v) is 1.36. The van der Waals surface area contributed by atoms with Gasteiger partial charge in [0.05, 0.1) is 12.9 Å². The average Bonchev–Trinajstić information content (AvgIpc) is 2.43. The Morgan fingerprint density at radius 1 is 1.37 bits per heavy atom. The summed E-state index contributed by atoms with van der Waals surface area (Å²) < 4.78 is 10.1. The van der Waals surface area contributed by atoms with E-state index in [2.05, 4.69) is 5.32 Å². The Morgan fingerprint density at radius 3 is 2.74 bits per heavy atom. The molecule has 19 heavy (non-hydrogen) atoms. The highest BCUT2D eigenvalue weighted by atomic mass is 16.5. The Kier molecular flexibility index (Phi) is 6.79. The van der Waals surface area contributed by atoms with Crippen LogP contribution < -0.4 is 5.32 Å². The molecule has 0 heterocycles. The standard InChI is InChI=1S/C14H17NO4/c1-2-19-14(17)13(15-11-16)8-9-18-10-12-6-4-3-5-7-12/h3-9,11,13H,2,10H2,1H3,(H,15,16)/b9-8+. The molecule has 0 aliphatic rings. The molecule has 0 aliphatic carbocycles. The fourth-order valence-electron chi connectivity index (χ4n) is 1.36. The molecule has 0 saturated carbocycles. The largest absolute Gasteiger partial charge is 0.497 e. The van der Waals surface area contributed by atoms with Crippen LogP contribution in [0.4, 0.5) is 0 Å². The van der Waals surface area contributed by atoms with Crippen molar-refractivity contribution in [1.82, 2.24) is 5.32 Å². The van der Waals surface area contributed by atoms with E-state index < -0.39 is 12.0 Å². The van der Waals surface area contributed by atoms with E-state index in [4.69, 9.17) is 9.47 Å². The monoisotopic (exact) mass is 263 g/mol. The maximum atomic E-state index is 11.4. The van der Waals surface area contributed by atoms with Gasteiger partial charge >= 0.3 is 5.97 Å². The van der Waals surface area contributed by atoms with Crippen LogP contribution in [-0.4, -0.2) is 25.0 Å². The van der Waals surface area contributed by atoms with Crippen molar-refractivity contribution in [2.24, 2.45) is 0 Å². The second-order valence-corrected chi connectivity index (χ2v) is 3.64. The molecule has 0 fully saturated rings. The maximum Gasteiger partial charge on any atom is 0.332 e. The van der Waals surface area contributed by atoms with Crippen LogP contribution in [0.15, 0.2) is 42.7 Å². The quantitative estimate of drug-likeness (QED) is 0.437. The highest BCUT2D eigenvalue weighted by molar-refractivity contribution is 5.80. The molecule has 1 unspecified atom stereocenters. The molecule has 1 N–H and O–H groups in total. The molecule has 1 rings (SSSR count). The normalized spacial score (nSPS) is 11.8. The summed E-state index contributed by atoms with van der Waals surface area (Å²) in [6, 6.07) is 8.79. The minimum absolute atomic E-state index is 0.259. The SMILES string of the molecule is CCOC(=O)C(/C=C/OCc1ccccc1)NC=O. The van der Waals surface area contributed by atoms with Crippen LogP contribution in [-0.2, 0) is 25.7 Å². The van der Waals surface area contributed by atoms with Crippen molar-refractivity contribution in [2.45, 2.75) is 19.6 Å². The van der Waals surface area contributed by atoms with Crippen LogP contribution in [0, 0.1) is 0 Å². The molecule has 5 nitrogen and oxygen atoms in total. The summed E-state index contributed by atoms with van der Waals surface area (Å²) >= 11 is 0. The van der Waals surface area contributed by atoms with E-state index in [0.717, 1.165) is 5.56 Å². The van der Waals surface area contributed by atoms with Gasteiger partial charge in [0.2, 0.25) is 6.41 Å². The number of hydrogen-bond donors (Lipinski definition) is 1. The van der Waals surface area contributed by atoms with Crippen molar-refractivity contribution >= 4 is 12.4 Å². The van der Waals surface area contributed by atoms with Gasteiger partial charge in [0.1, 0.15) is 12.6 Å². The molecule has 1 aromatic carbocycles. The zero-order chi connectivity index (χ0) is 13.9. The van der Waals surface area contributed by atoms with Gasteiger partial charge < -0.3 is 14.8 Å².